The summed E-state index contributed by atoms with van der Waals surface area (Å²) in [5, 5.41) is 12.4. The first-order valence-electron chi connectivity index (χ1n) is 17.3. The number of hydrogen-bond donors (Lipinski definition) is 2. The fourth-order valence-corrected chi connectivity index (χ4v) is 10.4. The van der Waals surface area contributed by atoms with E-state index in [1.807, 2.05) is 19.1 Å². The fraction of sp³-hybridized carbons (Fsp3) is 0.568. The Hall–Kier alpha value is -3.08. The zero-order valence-electron chi connectivity index (χ0n) is 28.0. The number of amides is 2. The maximum absolute atomic E-state index is 13.5. The topological polar surface area (TPSA) is 116 Å². The van der Waals surface area contributed by atoms with Crippen LogP contribution in [0.3, 0.4) is 0 Å². The number of ether oxygens (including phenoxy) is 1. The van der Waals surface area contributed by atoms with Crippen molar-refractivity contribution in [2.45, 2.75) is 75.1 Å². The monoisotopic (exact) mass is 695 g/mol. The summed E-state index contributed by atoms with van der Waals surface area (Å²) in [7, 11) is -2.23. The van der Waals surface area contributed by atoms with Gasteiger partial charge in [0.1, 0.15) is 5.75 Å². The van der Waals surface area contributed by atoms with Crippen molar-refractivity contribution >= 4 is 39.1 Å². The maximum atomic E-state index is 13.5. The number of nitrogens with one attached hydrogen (secondary N) is 1. The van der Waals surface area contributed by atoms with E-state index >= 15 is 0 Å². The molecule has 0 aromatic heterocycles. The molecule has 2 aliphatic carbocycles. The van der Waals surface area contributed by atoms with Gasteiger partial charge in [0.2, 0.25) is 15.9 Å². The lowest BCUT2D eigenvalue weighted by Crippen LogP contribution is -2.56. The zero-order chi connectivity index (χ0) is 34.0. The lowest BCUT2D eigenvalue weighted by Gasteiger charge is -2.50. The van der Waals surface area contributed by atoms with Gasteiger partial charge < -0.3 is 19.6 Å². The highest BCUT2D eigenvalue weighted by atomic mass is 35.5. The third kappa shape index (κ3) is 5.71. The zero-order valence-corrected chi connectivity index (χ0v) is 29.5. The molecule has 9 nitrogen and oxygen atoms in total. The Balaban J connectivity index is 1.34. The number of nitrogens with zero attached hydrogens (tertiary/aromatic N) is 2. The van der Waals surface area contributed by atoms with Gasteiger partial charge in [0.05, 0.1) is 29.1 Å². The lowest BCUT2D eigenvalue weighted by molar-refractivity contribution is -0.143. The normalized spacial score (nSPS) is 35.5. The van der Waals surface area contributed by atoms with Crippen molar-refractivity contribution < 1.29 is 27.9 Å². The number of allylic oxidation sites excluding steroid dienone is 1. The van der Waals surface area contributed by atoms with Gasteiger partial charge in [-0.3, -0.25) is 9.59 Å². The molecule has 2 bridgehead atoms. The van der Waals surface area contributed by atoms with Gasteiger partial charge in [0.15, 0.2) is 0 Å². The van der Waals surface area contributed by atoms with E-state index in [0.717, 1.165) is 37.8 Å². The molecule has 1 spiro atoms. The summed E-state index contributed by atoms with van der Waals surface area (Å²) in [5.41, 5.74) is 1.70. The van der Waals surface area contributed by atoms with Crippen molar-refractivity contribution in [3.63, 3.8) is 0 Å². The van der Waals surface area contributed by atoms with Gasteiger partial charge in [-0.15, -0.1) is 0 Å². The molecule has 7 atom stereocenters. The molecule has 3 heterocycles. The van der Waals surface area contributed by atoms with E-state index in [1.54, 1.807) is 43.1 Å². The number of carbonyl (C=O) groups is 2. The quantitative estimate of drug-likeness (QED) is 0.400. The Morgan fingerprint density at radius 3 is 2.62 bits per heavy atom. The van der Waals surface area contributed by atoms with Crippen LogP contribution < -0.4 is 14.4 Å². The number of anilines is 1. The third-order valence-corrected chi connectivity index (χ3v) is 14.3. The highest BCUT2D eigenvalue weighted by Gasteiger charge is 2.54. The number of rotatable bonds is 1. The molecule has 2 N–H and O–H groups in total. The molecule has 2 amide bonds. The molecule has 7 rings (SSSR count). The van der Waals surface area contributed by atoms with Crippen molar-refractivity contribution in [1.82, 2.24) is 9.62 Å². The van der Waals surface area contributed by atoms with E-state index in [0.29, 0.717) is 49.9 Å². The Kier molecular flexibility index (Phi) is 8.60. The summed E-state index contributed by atoms with van der Waals surface area (Å²) in [6.45, 7) is 5.68. The van der Waals surface area contributed by atoms with Crippen LogP contribution in [0.1, 0.15) is 73.9 Å². The highest BCUT2D eigenvalue weighted by molar-refractivity contribution is 7.90. The largest absolute Gasteiger partial charge is 0.490 e. The number of benzene rings is 2. The summed E-state index contributed by atoms with van der Waals surface area (Å²) >= 11 is 6.44. The van der Waals surface area contributed by atoms with Crippen LogP contribution in [0.25, 0.3) is 0 Å². The minimum absolute atomic E-state index is 0.0523. The molecular weight excluding hydrogens is 650 g/mol. The van der Waals surface area contributed by atoms with Gasteiger partial charge in [-0.2, -0.15) is 0 Å². The lowest BCUT2D eigenvalue weighted by atomic mass is 9.60. The van der Waals surface area contributed by atoms with E-state index in [-0.39, 0.29) is 34.6 Å². The first-order chi connectivity index (χ1) is 22.8. The SMILES string of the molecule is C[C@@H]1[C@@H](C)C/C=C/C(O)([C@@H]2CCN(C)C2=O)[C@@H]2CC[C@H]2CN2C[C@@]3(CCCc4cc(Cl)ccc43)COc3ccc(cc32)C(=O)NS1(=O)=O. The Morgan fingerprint density at radius 2 is 1.90 bits per heavy atom. The molecule has 1 unspecified atom stereocenters. The van der Waals surface area contributed by atoms with E-state index in [1.165, 1.54) is 11.1 Å². The van der Waals surface area contributed by atoms with Gasteiger partial charge in [0.25, 0.3) is 5.91 Å². The summed E-state index contributed by atoms with van der Waals surface area (Å²) in [4.78, 5) is 30.9. The number of halogens is 1. The van der Waals surface area contributed by atoms with Crippen LogP contribution >= 0.6 is 11.6 Å². The predicted molar refractivity (Wildman–Crippen MR) is 186 cm³/mol. The molecule has 48 heavy (non-hydrogen) atoms. The number of aryl methyl sites for hydroxylation is 1. The van der Waals surface area contributed by atoms with Crippen molar-refractivity contribution in [3.05, 3.63) is 70.3 Å². The predicted octanol–water partition coefficient (Wildman–Crippen LogP) is 5.09. The number of likely N-dealkylation sites (tertiary alicyclic amines) is 1. The van der Waals surface area contributed by atoms with E-state index in [4.69, 9.17) is 16.3 Å². The van der Waals surface area contributed by atoms with Crippen LogP contribution in [-0.2, 0) is 26.7 Å². The van der Waals surface area contributed by atoms with Crippen molar-refractivity contribution in [2.24, 2.45) is 23.7 Å². The molecule has 0 radical (unpaired) electrons. The fourth-order valence-electron chi connectivity index (χ4n) is 8.93. The molecule has 2 aromatic carbocycles. The Morgan fingerprint density at radius 1 is 1.08 bits per heavy atom. The van der Waals surface area contributed by atoms with E-state index in [2.05, 4.69) is 21.8 Å². The summed E-state index contributed by atoms with van der Waals surface area (Å²) in [6.07, 6.45) is 9.11. The second kappa shape index (κ2) is 12.4. The first kappa shape index (κ1) is 33.4. The molecule has 1 saturated heterocycles. The van der Waals surface area contributed by atoms with Gasteiger partial charge >= 0.3 is 0 Å². The van der Waals surface area contributed by atoms with E-state index < -0.39 is 32.7 Å². The molecule has 5 aliphatic rings. The van der Waals surface area contributed by atoms with Crippen LogP contribution in [0, 0.1) is 23.7 Å². The Bertz CT molecular complexity index is 1760. The summed E-state index contributed by atoms with van der Waals surface area (Å²) in [6, 6.07) is 11.3. The van der Waals surface area contributed by atoms with Crippen molar-refractivity contribution in [1.29, 1.82) is 0 Å². The van der Waals surface area contributed by atoms with Crippen LogP contribution in [0.4, 0.5) is 5.69 Å². The minimum atomic E-state index is -4.02. The van der Waals surface area contributed by atoms with Crippen molar-refractivity contribution in [3.8, 4) is 5.75 Å². The summed E-state index contributed by atoms with van der Waals surface area (Å²) < 4.78 is 35.8. The number of aliphatic hydroxyl groups is 1. The highest BCUT2D eigenvalue weighted by Crippen LogP contribution is 2.51. The number of hydrogen-bond acceptors (Lipinski definition) is 7. The standard InChI is InChI=1S/C37H46ClN3O6S/c1-23-6-4-16-37(44,31-14-17-40(3)35(31)43)30-11-8-27(30)20-41-21-36(15-5-7-25-18-28(38)10-12-29(25)36)22-47-33-13-9-26(19-32(33)41)34(42)39-48(45,46)24(23)2/h4,9-10,12-13,16,18-19,23-24,27,30-31,44H,5-8,11,14-15,17,20-22H2,1-3H3,(H,39,42)/b16-4+/t23-,24+,27-,30+,31+,36-,37?/m0/s1. The second-order valence-electron chi connectivity index (χ2n) is 15.0. The number of carbonyl (C=O) groups excluding carboxylic acids is 2. The molecule has 258 valence electrons. The van der Waals surface area contributed by atoms with Crippen LogP contribution in [0.5, 0.6) is 5.75 Å². The van der Waals surface area contributed by atoms with Crippen LogP contribution in [0.2, 0.25) is 5.02 Å². The molecule has 2 aromatic rings. The molecule has 3 aliphatic heterocycles. The minimum Gasteiger partial charge on any atom is -0.490 e. The maximum Gasteiger partial charge on any atom is 0.264 e. The van der Waals surface area contributed by atoms with Crippen LogP contribution in [-0.4, -0.2) is 74.4 Å². The first-order valence-corrected chi connectivity index (χ1v) is 19.3. The molecule has 11 heteroatoms. The average molecular weight is 696 g/mol. The number of sulfonamides is 1. The third-order valence-electron chi connectivity index (χ3n) is 12.2. The van der Waals surface area contributed by atoms with Gasteiger partial charge in [-0.1, -0.05) is 36.7 Å². The average Bonchev–Trinajstić information content (AvgIpc) is 3.29. The molecule has 1 saturated carbocycles. The summed E-state index contributed by atoms with van der Waals surface area (Å²) in [5.74, 6) is -1.08. The van der Waals surface area contributed by atoms with E-state index in [9.17, 15) is 23.1 Å². The smallest absolute Gasteiger partial charge is 0.264 e. The van der Waals surface area contributed by atoms with Gasteiger partial charge in [0, 0.05) is 42.7 Å². The van der Waals surface area contributed by atoms with Crippen molar-refractivity contribution in [2.75, 3.05) is 38.2 Å². The van der Waals surface area contributed by atoms with Crippen LogP contribution in [0.15, 0.2) is 48.6 Å². The molecular formula is C37H46ClN3O6S. The Labute approximate surface area is 288 Å². The van der Waals surface area contributed by atoms with Gasteiger partial charge in [-0.25, -0.2) is 13.1 Å². The van der Waals surface area contributed by atoms with Gasteiger partial charge in [-0.05, 0) is 111 Å². The second-order valence-corrected chi connectivity index (χ2v) is 17.5. The number of fused-ring (bicyclic) bond motifs is 4. The molecule has 2 fully saturated rings.